The van der Waals surface area contributed by atoms with Crippen molar-refractivity contribution in [2.24, 2.45) is 0 Å². The summed E-state index contributed by atoms with van der Waals surface area (Å²) in [7, 11) is 0. The minimum atomic E-state index is -0.535. The lowest BCUT2D eigenvalue weighted by atomic mass is 10.1. The standard InChI is InChI=1S/C9H9NO4S/c1-6(11)2-3-8(12)7-4-9(10(13)14)15-5-7/h4-5H,2-3H2,1H3. The van der Waals surface area contributed by atoms with E-state index in [4.69, 9.17) is 0 Å². The van der Waals surface area contributed by atoms with E-state index in [1.807, 2.05) is 0 Å². The predicted octanol–water partition coefficient (Wildman–Crippen LogP) is 2.21. The van der Waals surface area contributed by atoms with E-state index in [1.54, 1.807) is 0 Å². The maximum atomic E-state index is 11.4. The van der Waals surface area contributed by atoms with E-state index in [1.165, 1.54) is 18.4 Å². The van der Waals surface area contributed by atoms with E-state index >= 15 is 0 Å². The van der Waals surface area contributed by atoms with Crippen molar-refractivity contribution in [3.05, 3.63) is 27.1 Å². The second-order valence-electron chi connectivity index (χ2n) is 3.06. The van der Waals surface area contributed by atoms with Gasteiger partial charge in [-0.1, -0.05) is 11.3 Å². The molecular formula is C9H9NO4S. The van der Waals surface area contributed by atoms with Crippen molar-refractivity contribution in [3.8, 4) is 0 Å². The monoisotopic (exact) mass is 227 g/mol. The quantitative estimate of drug-likeness (QED) is 0.439. The number of thiophene rings is 1. The Morgan fingerprint density at radius 3 is 2.60 bits per heavy atom. The van der Waals surface area contributed by atoms with Gasteiger partial charge in [0.25, 0.3) is 0 Å². The molecule has 1 aromatic rings. The first-order valence-electron chi connectivity index (χ1n) is 4.26. The van der Waals surface area contributed by atoms with Gasteiger partial charge in [-0.25, -0.2) is 0 Å². The summed E-state index contributed by atoms with van der Waals surface area (Å²) < 4.78 is 0. The van der Waals surface area contributed by atoms with Crippen LogP contribution in [0.3, 0.4) is 0 Å². The Hall–Kier alpha value is -1.56. The van der Waals surface area contributed by atoms with Crippen molar-refractivity contribution in [2.45, 2.75) is 19.8 Å². The van der Waals surface area contributed by atoms with Gasteiger partial charge in [0.15, 0.2) is 5.78 Å². The molecule has 5 nitrogen and oxygen atoms in total. The van der Waals surface area contributed by atoms with Crippen LogP contribution in [-0.4, -0.2) is 16.5 Å². The highest BCUT2D eigenvalue weighted by Gasteiger charge is 2.14. The number of carbonyl (C=O) groups is 2. The molecule has 15 heavy (non-hydrogen) atoms. The van der Waals surface area contributed by atoms with Gasteiger partial charge in [-0.3, -0.25) is 14.9 Å². The molecule has 0 aliphatic carbocycles. The molecule has 0 N–H and O–H groups in total. The smallest absolute Gasteiger partial charge is 0.300 e. The minimum absolute atomic E-state index is 0.0545. The number of nitro groups is 1. The summed E-state index contributed by atoms with van der Waals surface area (Å²) in [5, 5.41) is 11.7. The first-order valence-corrected chi connectivity index (χ1v) is 5.14. The van der Waals surface area contributed by atoms with Crippen LogP contribution in [0.2, 0.25) is 0 Å². The van der Waals surface area contributed by atoms with E-state index in [-0.39, 0.29) is 29.4 Å². The molecule has 0 radical (unpaired) electrons. The van der Waals surface area contributed by atoms with E-state index in [9.17, 15) is 19.7 Å². The zero-order valence-corrected chi connectivity index (χ0v) is 8.87. The van der Waals surface area contributed by atoms with Crippen LogP contribution in [0.15, 0.2) is 11.4 Å². The van der Waals surface area contributed by atoms with Crippen molar-refractivity contribution in [1.82, 2.24) is 0 Å². The maximum absolute atomic E-state index is 11.4. The molecule has 1 heterocycles. The lowest BCUT2D eigenvalue weighted by Crippen LogP contribution is -2.00. The topological polar surface area (TPSA) is 77.3 Å². The molecule has 0 fully saturated rings. The molecule has 0 spiro atoms. The fourth-order valence-electron chi connectivity index (χ4n) is 1.00. The normalized spacial score (nSPS) is 9.93. The Bertz CT molecular complexity index is 410. The van der Waals surface area contributed by atoms with Gasteiger partial charge in [-0.05, 0) is 6.92 Å². The second-order valence-corrected chi connectivity index (χ2v) is 3.95. The van der Waals surface area contributed by atoms with Crippen LogP contribution in [0.4, 0.5) is 5.00 Å². The van der Waals surface area contributed by atoms with Crippen molar-refractivity contribution in [1.29, 1.82) is 0 Å². The molecule has 0 bridgehead atoms. The highest BCUT2D eigenvalue weighted by molar-refractivity contribution is 7.13. The number of hydrogen-bond donors (Lipinski definition) is 0. The fraction of sp³-hybridized carbons (Fsp3) is 0.333. The Balaban J connectivity index is 2.66. The van der Waals surface area contributed by atoms with Gasteiger partial charge in [0.1, 0.15) is 5.78 Å². The molecule has 0 saturated heterocycles. The highest BCUT2D eigenvalue weighted by Crippen LogP contribution is 2.23. The Kier molecular flexibility index (Phi) is 3.68. The number of hydrogen-bond acceptors (Lipinski definition) is 5. The van der Waals surface area contributed by atoms with Crippen molar-refractivity contribution in [2.75, 3.05) is 0 Å². The molecular weight excluding hydrogens is 218 g/mol. The largest absolute Gasteiger partial charge is 0.324 e. The minimum Gasteiger partial charge on any atom is -0.300 e. The van der Waals surface area contributed by atoms with Gasteiger partial charge in [0.2, 0.25) is 0 Å². The van der Waals surface area contributed by atoms with Crippen LogP contribution >= 0.6 is 11.3 Å². The van der Waals surface area contributed by atoms with Crippen LogP contribution in [0.25, 0.3) is 0 Å². The molecule has 0 aliphatic rings. The first-order chi connectivity index (χ1) is 7.00. The average molecular weight is 227 g/mol. The molecule has 1 aromatic heterocycles. The third kappa shape index (κ3) is 3.25. The Labute approximate surface area is 89.9 Å². The van der Waals surface area contributed by atoms with Gasteiger partial charge in [0.05, 0.1) is 4.92 Å². The molecule has 80 valence electrons. The number of ketones is 2. The zero-order chi connectivity index (χ0) is 11.4. The van der Waals surface area contributed by atoms with E-state index in [0.29, 0.717) is 5.56 Å². The molecule has 0 saturated carbocycles. The third-order valence-corrected chi connectivity index (χ3v) is 2.67. The van der Waals surface area contributed by atoms with Crippen molar-refractivity contribution in [3.63, 3.8) is 0 Å². The van der Waals surface area contributed by atoms with E-state index < -0.39 is 4.92 Å². The van der Waals surface area contributed by atoms with Crippen LogP contribution in [0, 0.1) is 10.1 Å². The van der Waals surface area contributed by atoms with Crippen LogP contribution in [0.5, 0.6) is 0 Å². The molecule has 0 aromatic carbocycles. The van der Waals surface area contributed by atoms with Crippen molar-refractivity contribution >= 4 is 27.9 Å². The Morgan fingerprint density at radius 1 is 1.47 bits per heavy atom. The summed E-state index contributed by atoms with van der Waals surface area (Å²) in [4.78, 5) is 31.9. The Morgan fingerprint density at radius 2 is 2.13 bits per heavy atom. The number of Topliss-reactive ketones (excluding diaryl/α,β-unsaturated/α-hetero) is 2. The molecule has 1 rings (SSSR count). The van der Waals surface area contributed by atoms with Gasteiger partial charge in [0, 0.05) is 29.9 Å². The SMILES string of the molecule is CC(=O)CCC(=O)c1csc([N+](=O)[O-])c1. The van der Waals surface area contributed by atoms with Gasteiger partial charge < -0.3 is 4.79 Å². The van der Waals surface area contributed by atoms with Crippen molar-refractivity contribution < 1.29 is 14.5 Å². The van der Waals surface area contributed by atoms with Gasteiger partial charge in [-0.15, -0.1) is 0 Å². The number of rotatable bonds is 5. The van der Waals surface area contributed by atoms with Crippen LogP contribution < -0.4 is 0 Å². The summed E-state index contributed by atoms with van der Waals surface area (Å²) >= 11 is 0.915. The molecule has 0 atom stereocenters. The highest BCUT2D eigenvalue weighted by atomic mass is 32.1. The molecule has 0 unspecified atom stereocenters. The molecule has 0 amide bonds. The summed E-state index contributed by atoms with van der Waals surface area (Å²) in [5.74, 6) is -0.289. The fourth-order valence-corrected chi connectivity index (χ4v) is 1.73. The lowest BCUT2D eigenvalue weighted by Gasteiger charge is -1.93. The first kappa shape index (κ1) is 11.5. The van der Waals surface area contributed by atoms with Gasteiger partial charge >= 0.3 is 5.00 Å². The van der Waals surface area contributed by atoms with Crippen LogP contribution in [0.1, 0.15) is 30.1 Å². The third-order valence-electron chi connectivity index (χ3n) is 1.79. The molecule has 0 aliphatic heterocycles. The summed E-state index contributed by atoms with van der Waals surface area (Å²) in [6.07, 6.45) is 0.297. The summed E-state index contributed by atoms with van der Waals surface area (Å²) in [5.41, 5.74) is 0.313. The number of carbonyl (C=O) groups excluding carboxylic acids is 2. The summed E-state index contributed by atoms with van der Waals surface area (Å²) in [6.45, 7) is 1.41. The van der Waals surface area contributed by atoms with Gasteiger partial charge in [-0.2, -0.15) is 0 Å². The van der Waals surface area contributed by atoms with E-state index in [2.05, 4.69) is 0 Å². The zero-order valence-electron chi connectivity index (χ0n) is 8.06. The van der Waals surface area contributed by atoms with E-state index in [0.717, 1.165) is 11.3 Å². The maximum Gasteiger partial charge on any atom is 0.324 e. The summed E-state index contributed by atoms with van der Waals surface area (Å²) in [6, 6.07) is 1.24. The predicted molar refractivity (Wildman–Crippen MR) is 55.2 cm³/mol. The lowest BCUT2D eigenvalue weighted by molar-refractivity contribution is -0.380. The van der Waals surface area contributed by atoms with Crippen LogP contribution in [-0.2, 0) is 4.79 Å². The molecule has 6 heteroatoms. The second kappa shape index (κ2) is 4.79. The number of nitrogens with zero attached hydrogens (tertiary/aromatic N) is 1. The average Bonchev–Trinajstić information content (AvgIpc) is 2.62.